The molecule has 0 bridgehead atoms. The van der Waals surface area contributed by atoms with Gasteiger partial charge < -0.3 is 9.55 Å². The highest BCUT2D eigenvalue weighted by atomic mass is 35.5. The van der Waals surface area contributed by atoms with E-state index >= 15 is 0 Å². The molecule has 0 unspecified atom stereocenters. The number of fused-ring (bicyclic) bond motifs is 1. The lowest BCUT2D eigenvalue weighted by atomic mass is 10.3. The SMILES string of the molecule is O=c1[nH]c(Cn2c(CCCl)nc3ccccc32)cs1. The van der Waals surface area contributed by atoms with E-state index in [2.05, 4.69) is 14.5 Å². The van der Waals surface area contributed by atoms with Crippen LogP contribution in [0.4, 0.5) is 0 Å². The van der Waals surface area contributed by atoms with E-state index < -0.39 is 0 Å². The van der Waals surface area contributed by atoms with Crippen LogP contribution >= 0.6 is 22.9 Å². The molecule has 0 atom stereocenters. The first kappa shape index (κ1) is 12.4. The number of H-pyrrole nitrogens is 1. The van der Waals surface area contributed by atoms with Gasteiger partial charge in [-0.25, -0.2) is 4.98 Å². The summed E-state index contributed by atoms with van der Waals surface area (Å²) < 4.78 is 2.11. The third-order valence-corrected chi connectivity index (χ3v) is 3.86. The van der Waals surface area contributed by atoms with Gasteiger partial charge in [0, 0.05) is 23.4 Å². The summed E-state index contributed by atoms with van der Waals surface area (Å²) in [5.74, 6) is 1.48. The summed E-state index contributed by atoms with van der Waals surface area (Å²) in [4.78, 5) is 18.6. The Morgan fingerprint density at radius 2 is 2.21 bits per heavy atom. The van der Waals surface area contributed by atoms with Crippen molar-refractivity contribution in [3.8, 4) is 0 Å². The van der Waals surface area contributed by atoms with Crippen LogP contribution in [0.15, 0.2) is 34.4 Å². The number of aryl methyl sites for hydroxylation is 1. The zero-order chi connectivity index (χ0) is 13.2. The lowest BCUT2D eigenvalue weighted by Crippen LogP contribution is -2.07. The Morgan fingerprint density at radius 3 is 2.95 bits per heavy atom. The number of hydrogen-bond donors (Lipinski definition) is 1. The van der Waals surface area contributed by atoms with Crippen molar-refractivity contribution in [2.75, 3.05) is 5.88 Å². The molecule has 4 nitrogen and oxygen atoms in total. The lowest BCUT2D eigenvalue weighted by molar-refractivity contribution is 0.740. The minimum Gasteiger partial charge on any atom is -0.322 e. The van der Waals surface area contributed by atoms with Gasteiger partial charge in [0.15, 0.2) is 0 Å². The van der Waals surface area contributed by atoms with Gasteiger partial charge in [-0.2, -0.15) is 0 Å². The predicted molar refractivity (Wildman–Crippen MR) is 78.2 cm³/mol. The van der Waals surface area contributed by atoms with Crippen molar-refractivity contribution in [1.82, 2.24) is 14.5 Å². The molecule has 19 heavy (non-hydrogen) atoms. The summed E-state index contributed by atoms with van der Waals surface area (Å²) in [6, 6.07) is 7.97. The number of hydrogen-bond acceptors (Lipinski definition) is 3. The quantitative estimate of drug-likeness (QED) is 0.752. The van der Waals surface area contributed by atoms with Crippen LogP contribution in [0.1, 0.15) is 11.5 Å². The highest BCUT2D eigenvalue weighted by molar-refractivity contribution is 7.07. The van der Waals surface area contributed by atoms with Crippen molar-refractivity contribution in [2.24, 2.45) is 0 Å². The molecule has 0 saturated heterocycles. The van der Waals surface area contributed by atoms with Crippen molar-refractivity contribution >= 4 is 34.0 Å². The van der Waals surface area contributed by atoms with Crippen LogP contribution in [0.2, 0.25) is 0 Å². The first-order valence-electron chi connectivity index (χ1n) is 5.94. The van der Waals surface area contributed by atoms with Crippen LogP contribution in [-0.2, 0) is 13.0 Å². The highest BCUT2D eigenvalue weighted by Crippen LogP contribution is 2.18. The standard InChI is InChI=1S/C13H12ClN3OS/c14-6-5-12-16-10-3-1-2-4-11(10)17(12)7-9-8-19-13(18)15-9/h1-4,8H,5-7H2,(H,15,18). The van der Waals surface area contributed by atoms with Gasteiger partial charge in [0.2, 0.25) is 0 Å². The van der Waals surface area contributed by atoms with E-state index in [0.29, 0.717) is 18.8 Å². The Bertz CT molecular complexity index is 758. The van der Waals surface area contributed by atoms with Crippen molar-refractivity contribution in [1.29, 1.82) is 0 Å². The van der Waals surface area contributed by atoms with Crippen LogP contribution in [-0.4, -0.2) is 20.4 Å². The van der Waals surface area contributed by atoms with Crippen molar-refractivity contribution in [3.63, 3.8) is 0 Å². The maximum atomic E-state index is 11.2. The number of nitrogens with one attached hydrogen (secondary N) is 1. The topological polar surface area (TPSA) is 50.7 Å². The van der Waals surface area contributed by atoms with Gasteiger partial charge in [0.25, 0.3) is 0 Å². The minimum absolute atomic E-state index is 0.0293. The molecular weight excluding hydrogens is 282 g/mol. The normalized spacial score (nSPS) is 11.2. The lowest BCUT2D eigenvalue weighted by Gasteiger charge is -2.06. The number of rotatable bonds is 4. The summed E-state index contributed by atoms with van der Waals surface area (Å²) in [6.07, 6.45) is 0.713. The van der Waals surface area contributed by atoms with Gasteiger partial charge in [-0.3, -0.25) is 4.79 Å². The maximum absolute atomic E-state index is 11.2. The Kier molecular flexibility index (Phi) is 3.40. The fourth-order valence-electron chi connectivity index (χ4n) is 2.14. The number of thiazole rings is 1. The summed E-state index contributed by atoms with van der Waals surface area (Å²) in [6.45, 7) is 0.617. The third-order valence-electron chi connectivity index (χ3n) is 2.95. The Morgan fingerprint density at radius 1 is 1.37 bits per heavy atom. The number of alkyl halides is 1. The molecule has 0 amide bonds. The maximum Gasteiger partial charge on any atom is 0.304 e. The molecule has 2 aromatic heterocycles. The average Bonchev–Trinajstić information content (AvgIpc) is 2.96. The summed E-state index contributed by atoms with van der Waals surface area (Å²) in [5, 5.41) is 1.85. The number of aromatic nitrogens is 3. The number of benzene rings is 1. The molecule has 98 valence electrons. The van der Waals surface area contributed by atoms with Crippen LogP contribution < -0.4 is 4.87 Å². The van der Waals surface area contributed by atoms with E-state index in [4.69, 9.17) is 11.6 Å². The second-order valence-corrected chi connectivity index (χ2v) is 5.44. The first-order chi connectivity index (χ1) is 9.28. The molecule has 0 aliphatic rings. The molecule has 2 heterocycles. The summed E-state index contributed by atoms with van der Waals surface area (Å²) >= 11 is 7.01. The molecule has 3 rings (SSSR count). The van der Waals surface area contributed by atoms with Gasteiger partial charge in [0.1, 0.15) is 5.82 Å². The fraction of sp³-hybridized carbons (Fsp3) is 0.231. The van der Waals surface area contributed by atoms with Gasteiger partial charge in [-0.15, -0.1) is 11.6 Å². The molecule has 1 aromatic carbocycles. The zero-order valence-corrected chi connectivity index (χ0v) is 11.7. The number of aromatic amines is 1. The number of nitrogens with zero attached hydrogens (tertiary/aromatic N) is 2. The fourth-order valence-corrected chi connectivity index (χ4v) is 2.88. The molecule has 0 aliphatic carbocycles. The van der Waals surface area contributed by atoms with Crippen LogP contribution in [0.3, 0.4) is 0 Å². The van der Waals surface area contributed by atoms with E-state index in [1.165, 1.54) is 11.3 Å². The molecule has 6 heteroatoms. The third kappa shape index (κ3) is 2.43. The molecule has 0 aliphatic heterocycles. The van der Waals surface area contributed by atoms with Crippen molar-refractivity contribution < 1.29 is 0 Å². The van der Waals surface area contributed by atoms with E-state index in [1.807, 2.05) is 29.6 Å². The van der Waals surface area contributed by atoms with Crippen molar-refractivity contribution in [3.05, 3.63) is 50.8 Å². The largest absolute Gasteiger partial charge is 0.322 e. The Balaban J connectivity index is 2.08. The summed E-state index contributed by atoms with van der Waals surface area (Å²) in [5.41, 5.74) is 2.92. The molecular formula is C13H12ClN3OS. The van der Waals surface area contributed by atoms with Crippen molar-refractivity contribution in [2.45, 2.75) is 13.0 Å². The van der Waals surface area contributed by atoms with Gasteiger partial charge >= 0.3 is 4.87 Å². The zero-order valence-electron chi connectivity index (χ0n) is 10.1. The molecule has 3 aromatic rings. The number of para-hydroxylation sites is 2. The van der Waals surface area contributed by atoms with Crippen LogP contribution in [0, 0.1) is 0 Å². The Labute approximate surface area is 118 Å². The second-order valence-electron chi connectivity index (χ2n) is 4.22. The van der Waals surface area contributed by atoms with E-state index in [-0.39, 0.29) is 4.87 Å². The van der Waals surface area contributed by atoms with Crippen LogP contribution in [0.5, 0.6) is 0 Å². The van der Waals surface area contributed by atoms with E-state index in [1.54, 1.807) is 0 Å². The number of halogens is 1. The molecule has 0 saturated carbocycles. The van der Waals surface area contributed by atoms with Gasteiger partial charge in [0.05, 0.1) is 17.6 Å². The average molecular weight is 294 g/mol. The first-order valence-corrected chi connectivity index (χ1v) is 7.36. The smallest absolute Gasteiger partial charge is 0.304 e. The van der Waals surface area contributed by atoms with Gasteiger partial charge in [-0.05, 0) is 12.1 Å². The minimum atomic E-state index is -0.0293. The van der Waals surface area contributed by atoms with E-state index in [0.717, 1.165) is 22.6 Å². The highest BCUT2D eigenvalue weighted by Gasteiger charge is 2.11. The predicted octanol–water partition coefficient (Wildman–Crippen LogP) is 2.62. The molecule has 0 fully saturated rings. The molecule has 0 radical (unpaired) electrons. The van der Waals surface area contributed by atoms with Crippen LogP contribution in [0.25, 0.3) is 11.0 Å². The molecule has 0 spiro atoms. The molecule has 1 N–H and O–H groups in total. The second kappa shape index (κ2) is 5.19. The summed E-state index contributed by atoms with van der Waals surface area (Å²) in [7, 11) is 0. The van der Waals surface area contributed by atoms with Gasteiger partial charge in [-0.1, -0.05) is 23.5 Å². The monoisotopic (exact) mass is 293 g/mol. The number of imidazole rings is 1. The van der Waals surface area contributed by atoms with E-state index in [9.17, 15) is 4.79 Å². The Hall–Kier alpha value is -1.59.